The zero-order chi connectivity index (χ0) is 17.3. The number of aromatic nitrogens is 2. The van der Waals surface area contributed by atoms with Crippen LogP contribution in [0.4, 0.5) is 18.0 Å². The Morgan fingerprint density at radius 1 is 1.30 bits per heavy atom. The fourth-order valence-electron chi connectivity index (χ4n) is 2.39. The Balaban J connectivity index is 1.89. The molecule has 128 valence electrons. The summed E-state index contributed by atoms with van der Waals surface area (Å²) in [6.45, 7) is 6.49. The summed E-state index contributed by atoms with van der Waals surface area (Å²) in [7, 11) is 0. The number of carbonyl (C=O) groups is 1. The normalized spacial score (nSPS) is 19.0. The van der Waals surface area contributed by atoms with Crippen LogP contribution in [0.5, 0.6) is 0 Å². The van der Waals surface area contributed by atoms with E-state index in [2.05, 4.69) is 9.97 Å². The quantitative estimate of drug-likeness (QED) is 0.834. The minimum absolute atomic E-state index is 0.147. The number of alkyl halides is 3. The maximum absolute atomic E-state index is 12.4. The number of nitrogens with zero attached hydrogens (tertiary/aromatic N) is 3. The standard InChI is InChI=1S/C15H20F3N3O2/c1-14(2,3)23-13(22)21-5-4-10(9-21)6-11-7-20-12(8-19-11)15(16,17)18/h7-8,10H,4-6,9H2,1-3H3/t10-/m0/s1. The molecule has 2 heterocycles. The van der Waals surface area contributed by atoms with Gasteiger partial charge in [0.1, 0.15) is 5.60 Å². The van der Waals surface area contributed by atoms with Crippen LogP contribution in [0.1, 0.15) is 38.6 Å². The molecule has 1 aromatic heterocycles. The van der Waals surface area contributed by atoms with Gasteiger partial charge >= 0.3 is 12.3 Å². The van der Waals surface area contributed by atoms with Crippen LogP contribution in [0, 0.1) is 5.92 Å². The van der Waals surface area contributed by atoms with Crippen LogP contribution in [0.3, 0.4) is 0 Å². The molecule has 1 aromatic rings. The van der Waals surface area contributed by atoms with Crippen LogP contribution in [-0.2, 0) is 17.3 Å². The zero-order valence-corrected chi connectivity index (χ0v) is 13.4. The van der Waals surface area contributed by atoms with Gasteiger partial charge in [0, 0.05) is 19.3 Å². The van der Waals surface area contributed by atoms with Crippen LogP contribution in [0.2, 0.25) is 0 Å². The minimum Gasteiger partial charge on any atom is -0.444 e. The molecule has 1 saturated heterocycles. The lowest BCUT2D eigenvalue weighted by Gasteiger charge is -2.24. The maximum Gasteiger partial charge on any atom is 0.434 e. The third-order valence-corrected chi connectivity index (χ3v) is 3.43. The van der Waals surface area contributed by atoms with Gasteiger partial charge in [0.15, 0.2) is 5.69 Å². The molecule has 0 saturated carbocycles. The summed E-state index contributed by atoms with van der Waals surface area (Å²) in [4.78, 5) is 20.8. The minimum atomic E-state index is -4.48. The molecular formula is C15H20F3N3O2. The number of ether oxygens (including phenoxy) is 1. The molecular weight excluding hydrogens is 311 g/mol. The Morgan fingerprint density at radius 3 is 2.52 bits per heavy atom. The predicted octanol–water partition coefficient (Wildman–Crippen LogP) is 3.29. The Hall–Kier alpha value is -1.86. The van der Waals surface area contributed by atoms with Crippen molar-refractivity contribution >= 4 is 6.09 Å². The van der Waals surface area contributed by atoms with Gasteiger partial charge < -0.3 is 9.64 Å². The van der Waals surface area contributed by atoms with Gasteiger partial charge in [-0.15, -0.1) is 0 Å². The highest BCUT2D eigenvalue weighted by Crippen LogP contribution is 2.27. The number of amides is 1. The highest BCUT2D eigenvalue weighted by atomic mass is 19.4. The number of rotatable bonds is 2. The fraction of sp³-hybridized carbons (Fsp3) is 0.667. The molecule has 1 aliphatic heterocycles. The van der Waals surface area contributed by atoms with E-state index in [1.54, 1.807) is 25.7 Å². The van der Waals surface area contributed by atoms with E-state index in [-0.39, 0.29) is 12.0 Å². The summed E-state index contributed by atoms with van der Waals surface area (Å²) >= 11 is 0. The second kappa shape index (κ2) is 6.33. The van der Waals surface area contributed by atoms with E-state index in [4.69, 9.17) is 4.74 Å². The van der Waals surface area contributed by atoms with E-state index in [0.29, 0.717) is 25.2 Å². The Labute approximate surface area is 132 Å². The summed E-state index contributed by atoms with van der Waals surface area (Å²) in [5.41, 5.74) is -1.05. The molecule has 1 amide bonds. The Kier molecular flexibility index (Phi) is 4.81. The van der Waals surface area contributed by atoms with Crippen LogP contribution < -0.4 is 0 Å². The number of halogens is 3. The van der Waals surface area contributed by atoms with Gasteiger partial charge in [0.2, 0.25) is 0 Å². The molecule has 1 fully saturated rings. The topological polar surface area (TPSA) is 55.3 Å². The summed E-state index contributed by atoms with van der Waals surface area (Å²) in [5.74, 6) is 0.147. The van der Waals surface area contributed by atoms with Crippen LogP contribution in [0.15, 0.2) is 12.4 Å². The van der Waals surface area contributed by atoms with E-state index in [1.807, 2.05) is 0 Å². The van der Waals surface area contributed by atoms with Crippen molar-refractivity contribution in [3.05, 3.63) is 23.8 Å². The molecule has 1 aliphatic rings. The first-order valence-electron chi connectivity index (χ1n) is 7.40. The van der Waals surface area contributed by atoms with Crippen molar-refractivity contribution in [2.45, 2.75) is 45.4 Å². The fourth-order valence-corrected chi connectivity index (χ4v) is 2.39. The smallest absolute Gasteiger partial charge is 0.434 e. The van der Waals surface area contributed by atoms with Crippen LogP contribution in [-0.4, -0.2) is 39.7 Å². The first kappa shape index (κ1) is 17.5. The van der Waals surface area contributed by atoms with Crippen molar-refractivity contribution in [1.82, 2.24) is 14.9 Å². The van der Waals surface area contributed by atoms with Gasteiger partial charge in [0.05, 0.1) is 11.9 Å². The van der Waals surface area contributed by atoms with Gasteiger partial charge in [-0.1, -0.05) is 0 Å². The zero-order valence-electron chi connectivity index (χ0n) is 13.4. The molecule has 0 aromatic carbocycles. The molecule has 0 aliphatic carbocycles. The van der Waals surface area contributed by atoms with Crippen molar-refractivity contribution in [2.75, 3.05) is 13.1 Å². The van der Waals surface area contributed by atoms with E-state index in [1.165, 1.54) is 0 Å². The second-order valence-corrected chi connectivity index (χ2v) is 6.68. The van der Waals surface area contributed by atoms with Gasteiger partial charge in [-0.05, 0) is 39.5 Å². The third kappa shape index (κ3) is 5.07. The summed E-state index contributed by atoms with van der Waals surface area (Å²) in [6.07, 6.45) is -1.69. The lowest BCUT2D eigenvalue weighted by molar-refractivity contribution is -0.141. The summed E-state index contributed by atoms with van der Waals surface area (Å²) < 4.78 is 42.6. The van der Waals surface area contributed by atoms with E-state index >= 15 is 0 Å². The van der Waals surface area contributed by atoms with E-state index in [9.17, 15) is 18.0 Å². The van der Waals surface area contributed by atoms with E-state index in [0.717, 1.165) is 18.8 Å². The summed E-state index contributed by atoms with van der Waals surface area (Å²) in [5, 5.41) is 0. The number of hydrogen-bond donors (Lipinski definition) is 0. The Bertz CT molecular complexity index is 553. The molecule has 5 nitrogen and oxygen atoms in total. The van der Waals surface area contributed by atoms with Gasteiger partial charge in [0.25, 0.3) is 0 Å². The molecule has 0 unspecified atom stereocenters. The molecule has 0 radical (unpaired) electrons. The average molecular weight is 331 g/mol. The molecule has 0 bridgehead atoms. The molecule has 0 spiro atoms. The van der Waals surface area contributed by atoms with Crippen molar-refractivity contribution in [3.63, 3.8) is 0 Å². The largest absolute Gasteiger partial charge is 0.444 e. The van der Waals surface area contributed by atoms with Crippen molar-refractivity contribution in [2.24, 2.45) is 5.92 Å². The highest BCUT2D eigenvalue weighted by molar-refractivity contribution is 5.68. The number of carbonyl (C=O) groups excluding carboxylic acids is 1. The summed E-state index contributed by atoms with van der Waals surface area (Å²) in [6, 6.07) is 0. The first-order valence-corrected chi connectivity index (χ1v) is 7.40. The molecule has 2 rings (SSSR count). The lowest BCUT2D eigenvalue weighted by Crippen LogP contribution is -2.35. The van der Waals surface area contributed by atoms with Crippen LogP contribution in [0.25, 0.3) is 0 Å². The SMILES string of the molecule is CC(C)(C)OC(=O)N1CC[C@@H](Cc2cnc(C(F)(F)F)cn2)C1. The Morgan fingerprint density at radius 2 is 2.00 bits per heavy atom. The number of hydrogen-bond acceptors (Lipinski definition) is 4. The maximum atomic E-state index is 12.4. The number of likely N-dealkylation sites (tertiary alicyclic amines) is 1. The highest BCUT2D eigenvalue weighted by Gasteiger charge is 2.33. The average Bonchev–Trinajstić information content (AvgIpc) is 2.85. The van der Waals surface area contributed by atoms with Crippen molar-refractivity contribution in [1.29, 1.82) is 0 Å². The molecule has 8 heteroatoms. The molecule has 23 heavy (non-hydrogen) atoms. The van der Waals surface area contributed by atoms with Crippen LogP contribution >= 0.6 is 0 Å². The first-order chi connectivity index (χ1) is 10.5. The lowest BCUT2D eigenvalue weighted by atomic mass is 10.0. The van der Waals surface area contributed by atoms with E-state index < -0.39 is 17.5 Å². The van der Waals surface area contributed by atoms with Gasteiger partial charge in [-0.3, -0.25) is 4.98 Å². The van der Waals surface area contributed by atoms with Gasteiger partial charge in [-0.2, -0.15) is 13.2 Å². The van der Waals surface area contributed by atoms with Gasteiger partial charge in [-0.25, -0.2) is 9.78 Å². The molecule has 0 N–H and O–H groups in total. The third-order valence-electron chi connectivity index (χ3n) is 3.43. The van der Waals surface area contributed by atoms with Crippen molar-refractivity contribution in [3.8, 4) is 0 Å². The molecule has 1 atom stereocenters. The second-order valence-electron chi connectivity index (χ2n) is 6.68. The van der Waals surface area contributed by atoms with Crippen molar-refractivity contribution < 1.29 is 22.7 Å². The predicted molar refractivity (Wildman–Crippen MR) is 76.7 cm³/mol. The monoisotopic (exact) mass is 331 g/mol.